The van der Waals surface area contributed by atoms with E-state index in [1.807, 2.05) is 0 Å². The Morgan fingerprint density at radius 3 is 2.28 bits per heavy atom. The van der Waals surface area contributed by atoms with Gasteiger partial charge in [-0.15, -0.1) is 0 Å². The highest BCUT2D eigenvalue weighted by atomic mass is 35.5. The fourth-order valence-corrected chi connectivity index (χ4v) is 1.63. The molecule has 0 saturated carbocycles. The van der Waals surface area contributed by atoms with Gasteiger partial charge in [-0.2, -0.15) is 0 Å². The average molecular weight is 295 g/mol. The van der Waals surface area contributed by atoms with Crippen LogP contribution in [0.4, 0.5) is 0 Å². The minimum absolute atomic E-state index is 0.101. The van der Waals surface area contributed by atoms with Crippen LogP contribution in [0.2, 0.25) is 0 Å². The minimum atomic E-state index is -0.497. The maximum Gasteiger partial charge on any atom is 0.333 e. The molecule has 18 heavy (non-hydrogen) atoms. The minimum Gasteiger partial charge on any atom is -0.462 e. The summed E-state index contributed by atoms with van der Waals surface area (Å²) in [6, 6.07) is 0. The molecule has 0 spiro atoms. The summed E-state index contributed by atoms with van der Waals surface area (Å²) in [5, 5.41) is -0.937. The summed E-state index contributed by atoms with van der Waals surface area (Å²) in [5.41, 5.74) is 0.302. The molecule has 4 nitrogen and oxygen atoms in total. The van der Waals surface area contributed by atoms with Crippen LogP contribution in [0.5, 0.6) is 0 Å². The lowest BCUT2D eigenvalue weighted by Crippen LogP contribution is -2.15. The van der Waals surface area contributed by atoms with Crippen LogP contribution in [0.1, 0.15) is 32.6 Å². The number of esters is 1. The predicted molar refractivity (Wildman–Crippen MR) is 69.5 cm³/mol. The van der Waals surface area contributed by atoms with Gasteiger partial charge in [-0.3, -0.25) is 9.59 Å². The van der Waals surface area contributed by atoms with Crippen molar-refractivity contribution in [3.05, 3.63) is 12.2 Å². The van der Waals surface area contributed by atoms with Crippen LogP contribution in [0.25, 0.3) is 0 Å². The summed E-state index contributed by atoms with van der Waals surface area (Å²) in [7, 11) is 0. The molecule has 1 unspecified atom stereocenters. The van der Waals surface area contributed by atoms with Gasteiger partial charge >= 0.3 is 5.97 Å². The maximum absolute atomic E-state index is 11.1. The highest BCUT2D eigenvalue weighted by Crippen LogP contribution is 2.17. The molecule has 0 aliphatic carbocycles. The van der Waals surface area contributed by atoms with E-state index in [0.29, 0.717) is 24.8 Å². The lowest BCUT2D eigenvalue weighted by Gasteiger charge is -2.12. The molecule has 0 amide bonds. The third-order valence-corrected chi connectivity index (χ3v) is 2.79. The molecule has 0 rings (SSSR count). The standard InChI is InChI=1S/C12H16Cl2O4/c1-8(2)12(17)18-7-6-9(11(14)16)4-3-5-10(13)15/h9H,1,3-7H2,2H3. The van der Waals surface area contributed by atoms with Gasteiger partial charge in [0.15, 0.2) is 0 Å². The highest BCUT2D eigenvalue weighted by molar-refractivity contribution is 6.64. The molecule has 0 bridgehead atoms. The summed E-state index contributed by atoms with van der Waals surface area (Å²) in [6.07, 6.45) is 1.47. The van der Waals surface area contributed by atoms with Crippen LogP contribution < -0.4 is 0 Å². The fourth-order valence-electron chi connectivity index (χ4n) is 1.28. The number of carbonyl (C=O) groups is 3. The Morgan fingerprint density at radius 2 is 1.83 bits per heavy atom. The second-order valence-electron chi connectivity index (χ2n) is 3.95. The van der Waals surface area contributed by atoms with Crippen molar-refractivity contribution in [2.75, 3.05) is 6.61 Å². The number of rotatable bonds is 9. The van der Waals surface area contributed by atoms with Gasteiger partial charge in [0.25, 0.3) is 0 Å². The average Bonchev–Trinajstić information content (AvgIpc) is 2.25. The van der Waals surface area contributed by atoms with Gasteiger partial charge < -0.3 is 4.74 Å². The van der Waals surface area contributed by atoms with Gasteiger partial charge in [0.1, 0.15) is 0 Å². The van der Waals surface area contributed by atoms with Gasteiger partial charge in [0.05, 0.1) is 6.61 Å². The normalized spacial score (nSPS) is 11.7. The van der Waals surface area contributed by atoms with Crippen LogP contribution in [-0.2, 0) is 19.1 Å². The van der Waals surface area contributed by atoms with Crippen molar-refractivity contribution in [3.8, 4) is 0 Å². The summed E-state index contributed by atoms with van der Waals surface area (Å²) < 4.78 is 4.87. The molecule has 0 aliphatic rings. The summed E-state index contributed by atoms with van der Waals surface area (Å²) in [4.78, 5) is 32.8. The van der Waals surface area contributed by atoms with E-state index in [4.69, 9.17) is 27.9 Å². The Balaban J connectivity index is 3.98. The molecule has 0 aromatic heterocycles. The molecule has 0 saturated heterocycles. The molecule has 0 aliphatic heterocycles. The fraction of sp³-hybridized carbons (Fsp3) is 0.583. The number of carbonyl (C=O) groups excluding carboxylic acids is 3. The monoisotopic (exact) mass is 294 g/mol. The number of hydrogen-bond acceptors (Lipinski definition) is 4. The second kappa shape index (κ2) is 9.11. The number of halogens is 2. The molecule has 1 atom stereocenters. The van der Waals surface area contributed by atoms with E-state index in [9.17, 15) is 14.4 Å². The lowest BCUT2D eigenvalue weighted by molar-refractivity contribution is -0.139. The van der Waals surface area contributed by atoms with E-state index in [-0.39, 0.29) is 13.0 Å². The van der Waals surface area contributed by atoms with E-state index in [0.717, 1.165) is 0 Å². The van der Waals surface area contributed by atoms with Gasteiger partial charge in [0.2, 0.25) is 10.5 Å². The molecular formula is C12H16Cl2O4. The molecule has 0 heterocycles. The molecule has 6 heteroatoms. The predicted octanol–water partition coefficient (Wildman–Crippen LogP) is 2.81. The SMILES string of the molecule is C=C(C)C(=O)OCCC(CCCC(=O)Cl)C(=O)Cl. The van der Waals surface area contributed by atoms with Crippen LogP contribution in [0.15, 0.2) is 12.2 Å². The van der Waals surface area contributed by atoms with E-state index < -0.39 is 22.4 Å². The Hall–Kier alpha value is -0.870. The summed E-state index contributed by atoms with van der Waals surface area (Å²) in [5.74, 6) is -0.924. The van der Waals surface area contributed by atoms with Crippen molar-refractivity contribution in [2.45, 2.75) is 32.6 Å². The van der Waals surface area contributed by atoms with Crippen molar-refractivity contribution in [3.63, 3.8) is 0 Å². The van der Waals surface area contributed by atoms with Gasteiger partial charge in [-0.25, -0.2) is 4.79 Å². The molecule has 0 radical (unpaired) electrons. The third kappa shape index (κ3) is 8.25. The van der Waals surface area contributed by atoms with Crippen LogP contribution in [0.3, 0.4) is 0 Å². The molecule has 102 valence electrons. The van der Waals surface area contributed by atoms with Crippen molar-refractivity contribution in [1.29, 1.82) is 0 Å². The van der Waals surface area contributed by atoms with Gasteiger partial charge in [-0.1, -0.05) is 6.58 Å². The highest BCUT2D eigenvalue weighted by Gasteiger charge is 2.17. The Bertz CT molecular complexity index is 339. The molecule has 0 N–H and O–H groups in total. The zero-order valence-corrected chi connectivity index (χ0v) is 11.7. The third-order valence-electron chi connectivity index (χ3n) is 2.29. The van der Waals surface area contributed by atoms with E-state index in [2.05, 4.69) is 6.58 Å². The van der Waals surface area contributed by atoms with Gasteiger partial charge in [0, 0.05) is 17.9 Å². The summed E-state index contributed by atoms with van der Waals surface area (Å²) in [6.45, 7) is 5.08. The largest absolute Gasteiger partial charge is 0.462 e. The van der Waals surface area contributed by atoms with Crippen molar-refractivity contribution < 1.29 is 19.1 Å². The quantitative estimate of drug-likeness (QED) is 0.373. The molecule has 0 aromatic carbocycles. The van der Waals surface area contributed by atoms with Crippen LogP contribution in [-0.4, -0.2) is 23.1 Å². The Labute approximate surface area is 116 Å². The van der Waals surface area contributed by atoms with Crippen molar-refractivity contribution in [1.82, 2.24) is 0 Å². The number of ether oxygens (including phenoxy) is 1. The van der Waals surface area contributed by atoms with Crippen LogP contribution in [0, 0.1) is 5.92 Å². The Kier molecular flexibility index (Phi) is 8.67. The first-order chi connectivity index (χ1) is 8.34. The first-order valence-corrected chi connectivity index (χ1v) is 6.30. The maximum atomic E-state index is 11.1. The van der Waals surface area contributed by atoms with E-state index in [1.54, 1.807) is 6.92 Å². The Morgan fingerprint density at radius 1 is 1.22 bits per heavy atom. The lowest BCUT2D eigenvalue weighted by atomic mass is 10.0. The zero-order valence-electron chi connectivity index (χ0n) is 10.2. The van der Waals surface area contributed by atoms with E-state index >= 15 is 0 Å². The molecule has 0 aromatic rings. The topological polar surface area (TPSA) is 60.4 Å². The number of hydrogen-bond donors (Lipinski definition) is 0. The van der Waals surface area contributed by atoms with Gasteiger partial charge in [-0.05, 0) is 49.4 Å². The van der Waals surface area contributed by atoms with Crippen LogP contribution >= 0.6 is 23.2 Å². The van der Waals surface area contributed by atoms with Crippen molar-refractivity contribution >= 4 is 39.7 Å². The zero-order chi connectivity index (χ0) is 14.1. The molecular weight excluding hydrogens is 279 g/mol. The van der Waals surface area contributed by atoms with Crippen molar-refractivity contribution in [2.24, 2.45) is 5.92 Å². The van der Waals surface area contributed by atoms with E-state index in [1.165, 1.54) is 0 Å². The smallest absolute Gasteiger partial charge is 0.333 e. The second-order valence-corrected chi connectivity index (χ2v) is 4.75. The molecule has 0 fully saturated rings. The first kappa shape index (κ1) is 17.1. The summed E-state index contributed by atoms with van der Waals surface area (Å²) >= 11 is 10.6. The first-order valence-electron chi connectivity index (χ1n) is 5.55.